The summed E-state index contributed by atoms with van der Waals surface area (Å²) in [7, 11) is 1.38. The van der Waals surface area contributed by atoms with Gasteiger partial charge in [0, 0.05) is 29.5 Å². The number of hydrogen-bond acceptors (Lipinski definition) is 4. The molecule has 0 aliphatic carbocycles. The molecule has 1 N–H and O–H groups in total. The van der Waals surface area contributed by atoms with Crippen LogP contribution < -0.4 is 5.32 Å². The van der Waals surface area contributed by atoms with Crippen molar-refractivity contribution in [1.29, 1.82) is 0 Å². The molecule has 110 valence electrons. The molecule has 0 aliphatic rings. The van der Waals surface area contributed by atoms with E-state index in [-0.39, 0.29) is 12.0 Å². The largest absolute Gasteiger partial charge is 0.465 e. The summed E-state index contributed by atoms with van der Waals surface area (Å²) in [6, 6.07) is 9.62. The lowest BCUT2D eigenvalue weighted by molar-refractivity contribution is 0.0600. The summed E-state index contributed by atoms with van der Waals surface area (Å²) < 4.78 is 5.59. The van der Waals surface area contributed by atoms with Crippen molar-refractivity contribution >= 4 is 21.9 Å². The second-order valence-electron chi connectivity index (χ2n) is 4.69. The lowest BCUT2D eigenvalue weighted by Crippen LogP contribution is -2.18. The summed E-state index contributed by atoms with van der Waals surface area (Å²) >= 11 is 3.49. The van der Waals surface area contributed by atoms with Gasteiger partial charge in [-0.25, -0.2) is 4.79 Å². The average Bonchev–Trinajstić information content (AvgIpc) is 2.53. The van der Waals surface area contributed by atoms with E-state index in [1.165, 1.54) is 7.11 Å². The fourth-order valence-corrected chi connectivity index (χ4v) is 2.47. The van der Waals surface area contributed by atoms with Gasteiger partial charge in [0.1, 0.15) is 0 Å². The van der Waals surface area contributed by atoms with E-state index in [4.69, 9.17) is 4.74 Å². The van der Waals surface area contributed by atoms with Crippen LogP contribution in [-0.2, 0) is 11.3 Å². The molecule has 0 amide bonds. The van der Waals surface area contributed by atoms with E-state index in [9.17, 15) is 4.79 Å². The van der Waals surface area contributed by atoms with Crippen molar-refractivity contribution in [3.63, 3.8) is 0 Å². The normalized spacial score (nSPS) is 12.0. The molecule has 1 aromatic carbocycles. The first-order chi connectivity index (χ1) is 10.1. The van der Waals surface area contributed by atoms with E-state index in [1.54, 1.807) is 18.3 Å². The molecule has 1 heterocycles. The third kappa shape index (κ3) is 4.12. The van der Waals surface area contributed by atoms with Gasteiger partial charge in [0.25, 0.3) is 0 Å². The maximum atomic E-state index is 11.5. The van der Waals surface area contributed by atoms with Crippen LogP contribution in [0, 0.1) is 0 Å². The minimum absolute atomic E-state index is 0.200. The molecule has 2 rings (SSSR count). The Morgan fingerprint density at radius 1 is 1.43 bits per heavy atom. The Kier molecular flexibility index (Phi) is 5.47. The lowest BCUT2D eigenvalue weighted by Gasteiger charge is -2.15. The number of nitrogens with one attached hydrogen (secondary N) is 1. The van der Waals surface area contributed by atoms with Crippen LogP contribution in [0.25, 0.3) is 0 Å². The standard InChI is InChI=1S/C16H17BrN2O2/c1-11(13-4-3-7-18-9-13)19-10-14-6-5-12(8-15(14)17)16(20)21-2/h3-9,11,19H,10H2,1-2H3. The van der Waals surface area contributed by atoms with Crippen molar-refractivity contribution in [1.82, 2.24) is 10.3 Å². The van der Waals surface area contributed by atoms with Crippen molar-refractivity contribution in [3.05, 3.63) is 63.9 Å². The Balaban J connectivity index is 2.02. The van der Waals surface area contributed by atoms with Gasteiger partial charge in [0.2, 0.25) is 0 Å². The van der Waals surface area contributed by atoms with E-state index < -0.39 is 0 Å². The average molecular weight is 349 g/mol. The summed E-state index contributed by atoms with van der Waals surface area (Å²) in [5, 5.41) is 3.43. The van der Waals surface area contributed by atoms with Gasteiger partial charge >= 0.3 is 5.97 Å². The molecule has 4 nitrogen and oxygen atoms in total. The highest BCUT2D eigenvalue weighted by molar-refractivity contribution is 9.10. The number of pyridine rings is 1. The number of hydrogen-bond donors (Lipinski definition) is 1. The molecule has 0 radical (unpaired) electrons. The zero-order valence-electron chi connectivity index (χ0n) is 12.0. The molecule has 0 saturated carbocycles. The number of esters is 1. The monoisotopic (exact) mass is 348 g/mol. The fourth-order valence-electron chi connectivity index (χ4n) is 1.95. The number of ether oxygens (including phenoxy) is 1. The van der Waals surface area contributed by atoms with Crippen LogP contribution in [0.4, 0.5) is 0 Å². The van der Waals surface area contributed by atoms with Crippen LogP contribution in [-0.4, -0.2) is 18.1 Å². The molecule has 0 aliphatic heterocycles. The van der Waals surface area contributed by atoms with Gasteiger partial charge in [-0.15, -0.1) is 0 Å². The molecule has 5 heteroatoms. The van der Waals surface area contributed by atoms with Crippen LogP contribution in [0.2, 0.25) is 0 Å². The third-order valence-corrected chi connectivity index (χ3v) is 4.00. The number of aromatic nitrogens is 1. The predicted molar refractivity (Wildman–Crippen MR) is 85.0 cm³/mol. The first-order valence-corrected chi connectivity index (χ1v) is 7.41. The van der Waals surface area contributed by atoms with E-state index in [2.05, 4.69) is 33.2 Å². The number of benzene rings is 1. The summed E-state index contributed by atoms with van der Waals surface area (Å²) in [6.07, 6.45) is 3.62. The molecule has 2 aromatic rings. The van der Waals surface area contributed by atoms with Crippen LogP contribution in [0.1, 0.15) is 34.5 Å². The molecule has 21 heavy (non-hydrogen) atoms. The van der Waals surface area contributed by atoms with Crippen LogP contribution in [0.5, 0.6) is 0 Å². The number of carbonyl (C=O) groups is 1. The van der Waals surface area contributed by atoms with Crippen LogP contribution in [0.3, 0.4) is 0 Å². The van der Waals surface area contributed by atoms with Crippen molar-refractivity contribution in [2.75, 3.05) is 7.11 Å². The minimum Gasteiger partial charge on any atom is -0.465 e. The minimum atomic E-state index is -0.334. The van der Waals surface area contributed by atoms with Gasteiger partial charge < -0.3 is 10.1 Å². The van der Waals surface area contributed by atoms with Gasteiger partial charge in [-0.05, 0) is 36.2 Å². The van der Waals surface area contributed by atoms with Crippen LogP contribution in [0.15, 0.2) is 47.2 Å². The predicted octanol–water partition coefficient (Wildman–Crippen LogP) is 3.48. The highest BCUT2D eigenvalue weighted by Crippen LogP contribution is 2.20. The first kappa shape index (κ1) is 15.7. The number of methoxy groups -OCH3 is 1. The summed E-state index contributed by atoms with van der Waals surface area (Å²) in [5.74, 6) is -0.334. The number of nitrogens with zero attached hydrogens (tertiary/aromatic N) is 1. The summed E-state index contributed by atoms with van der Waals surface area (Å²) in [4.78, 5) is 15.6. The molecule has 1 aromatic heterocycles. The maximum absolute atomic E-state index is 11.5. The number of rotatable bonds is 5. The van der Waals surface area contributed by atoms with E-state index in [1.807, 2.05) is 24.4 Å². The third-order valence-electron chi connectivity index (χ3n) is 3.26. The Morgan fingerprint density at radius 3 is 2.86 bits per heavy atom. The fraction of sp³-hybridized carbons (Fsp3) is 0.250. The molecule has 0 fully saturated rings. The Morgan fingerprint density at radius 2 is 2.24 bits per heavy atom. The van der Waals surface area contributed by atoms with E-state index in [0.717, 1.165) is 15.6 Å². The molecule has 1 atom stereocenters. The van der Waals surface area contributed by atoms with Gasteiger partial charge in [-0.3, -0.25) is 4.98 Å². The number of halogens is 1. The zero-order valence-corrected chi connectivity index (χ0v) is 13.6. The topological polar surface area (TPSA) is 51.2 Å². The Labute approximate surface area is 132 Å². The molecule has 1 unspecified atom stereocenters. The number of carbonyl (C=O) groups excluding carboxylic acids is 1. The molecule has 0 saturated heterocycles. The molecular formula is C16H17BrN2O2. The molecular weight excluding hydrogens is 332 g/mol. The summed E-state index contributed by atoms with van der Waals surface area (Å²) in [5.41, 5.74) is 2.76. The van der Waals surface area contributed by atoms with Crippen molar-refractivity contribution in [3.8, 4) is 0 Å². The second-order valence-corrected chi connectivity index (χ2v) is 5.54. The summed E-state index contributed by atoms with van der Waals surface area (Å²) in [6.45, 7) is 2.78. The zero-order chi connectivity index (χ0) is 15.2. The first-order valence-electron chi connectivity index (χ1n) is 6.62. The van der Waals surface area contributed by atoms with Gasteiger partial charge in [-0.2, -0.15) is 0 Å². The highest BCUT2D eigenvalue weighted by Gasteiger charge is 2.10. The highest BCUT2D eigenvalue weighted by atomic mass is 79.9. The lowest BCUT2D eigenvalue weighted by atomic mass is 10.1. The van der Waals surface area contributed by atoms with Crippen molar-refractivity contribution in [2.24, 2.45) is 0 Å². The van der Waals surface area contributed by atoms with Crippen molar-refractivity contribution in [2.45, 2.75) is 19.5 Å². The second kappa shape index (κ2) is 7.33. The Hall–Kier alpha value is -1.72. The van der Waals surface area contributed by atoms with E-state index in [0.29, 0.717) is 12.1 Å². The molecule has 0 spiro atoms. The van der Waals surface area contributed by atoms with Crippen LogP contribution >= 0.6 is 15.9 Å². The Bertz CT molecular complexity index is 617. The quantitative estimate of drug-likeness (QED) is 0.840. The van der Waals surface area contributed by atoms with Gasteiger partial charge in [0.15, 0.2) is 0 Å². The smallest absolute Gasteiger partial charge is 0.337 e. The molecule has 0 bridgehead atoms. The van der Waals surface area contributed by atoms with Gasteiger partial charge in [0.05, 0.1) is 12.7 Å². The van der Waals surface area contributed by atoms with Gasteiger partial charge in [-0.1, -0.05) is 28.1 Å². The maximum Gasteiger partial charge on any atom is 0.337 e. The SMILES string of the molecule is COC(=O)c1ccc(CNC(C)c2cccnc2)c(Br)c1. The van der Waals surface area contributed by atoms with E-state index >= 15 is 0 Å². The van der Waals surface area contributed by atoms with Crippen molar-refractivity contribution < 1.29 is 9.53 Å².